The highest BCUT2D eigenvalue weighted by Crippen LogP contribution is 2.10. The number of hydrogen-bond acceptors (Lipinski definition) is 3. The van der Waals surface area contributed by atoms with Crippen LogP contribution in [0, 0.1) is 0 Å². The van der Waals surface area contributed by atoms with Crippen molar-refractivity contribution < 1.29 is 18.3 Å². The summed E-state index contributed by atoms with van der Waals surface area (Å²) in [6, 6.07) is 15.1. The van der Waals surface area contributed by atoms with Crippen LogP contribution in [0.25, 0.3) is 0 Å². The van der Waals surface area contributed by atoms with E-state index in [1.54, 1.807) is 24.3 Å². The summed E-state index contributed by atoms with van der Waals surface area (Å²) in [7, 11) is -3.40. The summed E-state index contributed by atoms with van der Waals surface area (Å²) >= 11 is 0. The third kappa shape index (κ3) is 7.93. The van der Waals surface area contributed by atoms with Gasteiger partial charge in [-0.1, -0.05) is 61.9 Å². The molecule has 2 aromatic rings. The number of hydrogen-bond donors (Lipinski definition) is 2. The first-order chi connectivity index (χ1) is 12.9. The van der Waals surface area contributed by atoms with Gasteiger partial charge in [0.15, 0.2) is 0 Å². The zero-order chi connectivity index (χ0) is 19.7. The first-order valence-electron chi connectivity index (χ1n) is 9.23. The van der Waals surface area contributed by atoms with Crippen molar-refractivity contribution in [3.8, 4) is 0 Å². The zero-order valence-corrected chi connectivity index (χ0v) is 16.5. The second-order valence-electron chi connectivity index (χ2n) is 6.70. The van der Waals surface area contributed by atoms with E-state index in [-0.39, 0.29) is 18.7 Å². The maximum Gasteiger partial charge on any atom is 0.307 e. The lowest BCUT2D eigenvalue weighted by Crippen LogP contribution is -2.27. The highest BCUT2D eigenvalue weighted by atomic mass is 32.2. The van der Waals surface area contributed by atoms with Crippen molar-refractivity contribution in [1.29, 1.82) is 0 Å². The number of rotatable bonds is 11. The van der Waals surface area contributed by atoms with Gasteiger partial charge in [-0.25, -0.2) is 13.1 Å². The first kappa shape index (κ1) is 21.1. The monoisotopic (exact) mass is 389 g/mol. The predicted molar refractivity (Wildman–Crippen MR) is 107 cm³/mol. The van der Waals surface area contributed by atoms with E-state index in [9.17, 15) is 13.2 Å². The molecular weight excluding hydrogens is 362 g/mol. The van der Waals surface area contributed by atoms with Crippen LogP contribution >= 0.6 is 0 Å². The van der Waals surface area contributed by atoms with Gasteiger partial charge in [-0.3, -0.25) is 4.79 Å². The van der Waals surface area contributed by atoms with E-state index >= 15 is 0 Å². The molecule has 2 aromatic carbocycles. The van der Waals surface area contributed by atoms with Gasteiger partial charge in [-0.2, -0.15) is 0 Å². The minimum Gasteiger partial charge on any atom is -0.481 e. The molecule has 0 heterocycles. The molecule has 0 aliphatic carbocycles. The Morgan fingerprint density at radius 1 is 0.963 bits per heavy atom. The first-order valence-corrected chi connectivity index (χ1v) is 10.9. The van der Waals surface area contributed by atoms with Crippen LogP contribution in [0.1, 0.15) is 42.0 Å². The lowest BCUT2D eigenvalue weighted by atomic mass is 10.1. The summed E-state index contributed by atoms with van der Waals surface area (Å²) < 4.78 is 27.1. The fourth-order valence-electron chi connectivity index (χ4n) is 2.80. The molecular formula is C21H27NO4S. The highest BCUT2D eigenvalue weighted by Gasteiger charge is 2.11. The van der Waals surface area contributed by atoms with Crippen molar-refractivity contribution >= 4 is 16.0 Å². The molecule has 0 fully saturated rings. The van der Waals surface area contributed by atoms with E-state index in [0.29, 0.717) is 12.0 Å². The van der Waals surface area contributed by atoms with Crippen LogP contribution in [0.5, 0.6) is 0 Å². The number of aliphatic carboxylic acids is 1. The maximum atomic E-state index is 12.2. The van der Waals surface area contributed by atoms with Gasteiger partial charge >= 0.3 is 5.97 Å². The number of unbranched alkanes of at least 4 members (excludes halogenated alkanes) is 1. The fraction of sp³-hybridized carbons (Fsp3) is 0.381. The number of nitrogens with one attached hydrogen (secondary N) is 1. The van der Waals surface area contributed by atoms with Crippen LogP contribution in [0.2, 0.25) is 0 Å². The van der Waals surface area contributed by atoms with Gasteiger partial charge < -0.3 is 5.11 Å². The molecule has 6 heteroatoms. The second-order valence-corrected chi connectivity index (χ2v) is 8.63. The number of carbonyl (C=O) groups is 1. The summed E-state index contributed by atoms with van der Waals surface area (Å²) in [5.74, 6) is -0.885. The summed E-state index contributed by atoms with van der Waals surface area (Å²) in [6.45, 7) is 2.32. The van der Waals surface area contributed by atoms with Crippen molar-refractivity contribution in [2.24, 2.45) is 0 Å². The van der Waals surface area contributed by atoms with Crippen LogP contribution in [-0.2, 0) is 40.6 Å². The smallest absolute Gasteiger partial charge is 0.307 e. The molecule has 0 radical (unpaired) electrons. The van der Waals surface area contributed by atoms with Crippen molar-refractivity contribution in [2.75, 3.05) is 5.75 Å². The minimum atomic E-state index is -3.40. The van der Waals surface area contributed by atoms with Gasteiger partial charge in [-0.15, -0.1) is 0 Å². The molecule has 0 aliphatic heterocycles. The Morgan fingerprint density at radius 2 is 1.59 bits per heavy atom. The molecule has 0 amide bonds. The largest absolute Gasteiger partial charge is 0.481 e. The molecule has 0 spiro atoms. The van der Waals surface area contributed by atoms with Crippen LogP contribution in [0.3, 0.4) is 0 Å². The lowest BCUT2D eigenvalue weighted by Gasteiger charge is -2.08. The Morgan fingerprint density at radius 3 is 2.22 bits per heavy atom. The quantitative estimate of drug-likeness (QED) is 0.617. The van der Waals surface area contributed by atoms with E-state index < -0.39 is 16.0 Å². The number of aryl methyl sites for hydroxylation is 2. The Kier molecular flexibility index (Phi) is 8.00. The predicted octanol–water partition coefficient (Wildman–Crippen LogP) is 3.32. The van der Waals surface area contributed by atoms with E-state index in [4.69, 9.17) is 5.11 Å². The molecule has 2 rings (SSSR count). The van der Waals surface area contributed by atoms with E-state index in [1.165, 1.54) is 5.56 Å². The van der Waals surface area contributed by atoms with Crippen molar-refractivity contribution in [1.82, 2.24) is 4.72 Å². The molecule has 0 unspecified atom stereocenters. The molecule has 0 saturated carbocycles. The summed E-state index contributed by atoms with van der Waals surface area (Å²) in [6.07, 6.45) is 3.76. The van der Waals surface area contributed by atoms with Crippen LogP contribution in [0.4, 0.5) is 0 Å². The maximum absolute atomic E-state index is 12.2. The van der Waals surface area contributed by atoms with Gasteiger partial charge in [0.05, 0.1) is 12.2 Å². The van der Waals surface area contributed by atoms with Gasteiger partial charge in [0.2, 0.25) is 10.0 Å². The van der Waals surface area contributed by atoms with Crippen LogP contribution in [-0.4, -0.2) is 25.2 Å². The third-order valence-electron chi connectivity index (χ3n) is 4.34. The van der Waals surface area contributed by atoms with Gasteiger partial charge in [0.25, 0.3) is 0 Å². The van der Waals surface area contributed by atoms with E-state index in [2.05, 4.69) is 23.8 Å². The van der Waals surface area contributed by atoms with Crippen molar-refractivity contribution in [3.63, 3.8) is 0 Å². The van der Waals surface area contributed by atoms with Gasteiger partial charge in [0, 0.05) is 6.54 Å². The molecule has 0 atom stereocenters. The third-order valence-corrected chi connectivity index (χ3v) is 5.67. The average molecular weight is 390 g/mol. The van der Waals surface area contributed by atoms with Crippen LogP contribution in [0.15, 0.2) is 48.5 Å². The average Bonchev–Trinajstić information content (AvgIpc) is 2.64. The second kappa shape index (κ2) is 10.2. The molecule has 2 N–H and O–H groups in total. The molecule has 0 bridgehead atoms. The summed E-state index contributed by atoms with van der Waals surface area (Å²) in [5, 5.41) is 8.84. The van der Waals surface area contributed by atoms with E-state index in [1.807, 2.05) is 12.1 Å². The Bertz CT molecular complexity index is 845. The molecule has 5 nitrogen and oxygen atoms in total. The summed E-state index contributed by atoms with van der Waals surface area (Å²) in [4.78, 5) is 10.8. The van der Waals surface area contributed by atoms with Crippen LogP contribution < -0.4 is 4.72 Å². The molecule has 0 aliphatic rings. The normalized spacial score (nSPS) is 11.4. The molecule has 27 heavy (non-hydrogen) atoms. The van der Waals surface area contributed by atoms with Gasteiger partial charge in [0.1, 0.15) is 0 Å². The Balaban J connectivity index is 1.85. The number of carboxylic acids is 1. The van der Waals surface area contributed by atoms with Crippen molar-refractivity contribution in [3.05, 3.63) is 70.8 Å². The van der Waals surface area contributed by atoms with E-state index in [0.717, 1.165) is 30.4 Å². The topological polar surface area (TPSA) is 83.5 Å². The Hall–Kier alpha value is -2.18. The molecule has 0 saturated heterocycles. The van der Waals surface area contributed by atoms with Crippen molar-refractivity contribution in [2.45, 2.75) is 45.6 Å². The Labute approximate surface area is 161 Å². The zero-order valence-electron chi connectivity index (χ0n) is 15.6. The standard InChI is InChI=1S/C21H27NO4S/c1-2-3-5-17-8-10-18(11-9-17)12-13-27(25,26)22-16-20-7-4-6-19(14-20)15-21(23)24/h4,6-11,14,22H,2-3,5,12-13,15-16H2,1H3,(H,23,24). The summed E-state index contributed by atoms with van der Waals surface area (Å²) in [5.41, 5.74) is 3.69. The number of sulfonamides is 1. The highest BCUT2D eigenvalue weighted by molar-refractivity contribution is 7.89. The molecule has 146 valence electrons. The lowest BCUT2D eigenvalue weighted by molar-refractivity contribution is -0.136. The van der Waals surface area contributed by atoms with Gasteiger partial charge in [-0.05, 0) is 41.5 Å². The number of benzene rings is 2. The fourth-order valence-corrected chi connectivity index (χ4v) is 3.83. The molecule has 0 aromatic heterocycles. The SMILES string of the molecule is CCCCc1ccc(CCS(=O)(=O)NCc2cccc(CC(=O)O)c2)cc1. The number of carboxylic acid groups (broad SMARTS) is 1. The minimum absolute atomic E-state index is 0.0239.